The van der Waals surface area contributed by atoms with Crippen LogP contribution in [0.15, 0.2) is 30.3 Å². The molecule has 0 aromatic heterocycles. The van der Waals surface area contributed by atoms with E-state index in [1.807, 2.05) is 26.0 Å². The molecule has 0 bridgehead atoms. The Labute approximate surface area is 129 Å². The number of hydrogen-bond donors (Lipinski definition) is 2. The lowest BCUT2D eigenvalue weighted by Crippen LogP contribution is -2.32. The van der Waals surface area contributed by atoms with Crippen LogP contribution < -0.4 is 5.32 Å². The highest BCUT2D eigenvalue weighted by Crippen LogP contribution is 2.16. The van der Waals surface area contributed by atoms with Crippen molar-refractivity contribution in [3.8, 4) is 0 Å². The number of carbonyl (C=O) groups is 2. The smallest absolute Gasteiger partial charge is 0.308 e. The molecule has 1 rings (SSSR count). The van der Waals surface area contributed by atoms with Crippen molar-refractivity contribution in [1.29, 1.82) is 0 Å². The number of aliphatic carboxylic acids is 1. The van der Waals surface area contributed by atoms with Gasteiger partial charge in [0.2, 0.25) is 5.91 Å². The van der Waals surface area contributed by atoms with Gasteiger partial charge in [0.15, 0.2) is 0 Å². The van der Waals surface area contributed by atoms with Gasteiger partial charge in [-0.2, -0.15) is 0 Å². The van der Waals surface area contributed by atoms with Crippen LogP contribution >= 0.6 is 11.6 Å². The molecule has 0 aliphatic heterocycles. The number of halogens is 1. The highest BCUT2D eigenvalue weighted by atomic mass is 35.5. The third-order valence-electron chi connectivity index (χ3n) is 2.95. The van der Waals surface area contributed by atoms with Crippen LogP contribution in [-0.2, 0) is 9.59 Å². The Morgan fingerprint density at radius 3 is 2.57 bits per heavy atom. The predicted octanol–water partition coefficient (Wildman–Crippen LogP) is 3.22. The van der Waals surface area contributed by atoms with Crippen LogP contribution in [0.3, 0.4) is 0 Å². The third-order valence-corrected chi connectivity index (χ3v) is 3.29. The topological polar surface area (TPSA) is 66.4 Å². The van der Waals surface area contributed by atoms with Crippen molar-refractivity contribution in [2.24, 2.45) is 11.8 Å². The van der Waals surface area contributed by atoms with Gasteiger partial charge in [-0.05, 0) is 30.0 Å². The minimum atomic E-state index is -0.890. The summed E-state index contributed by atoms with van der Waals surface area (Å²) in [6, 6.07) is 7.17. The molecule has 0 aliphatic carbocycles. The lowest BCUT2D eigenvalue weighted by atomic mass is 9.97. The standard InChI is InChI=1S/C16H20ClNO3/c1-11(2)9-13(16(20)21)10-18-15(19)8-7-12-5-3-4-6-14(12)17/h3-8,11,13H,9-10H2,1-2H3,(H,18,19)(H,20,21)/b8-7+. The summed E-state index contributed by atoms with van der Waals surface area (Å²) < 4.78 is 0. The second-order valence-corrected chi connectivity index (χ2v) is 5.67. The number of carboxylic acids is 1. The highest BCUT2D eigenvalue weighted by Gasteiger charge is 2.19. The molecule has 2 N–H and O–H groups in total. The molecule has 114 valence electrons. The zero-order valence-corrected chi connectivity index (χ0v) is 12.9. The monoisotopic (exact) mass is 309 g/mol. The third kappa shape index (κ3) is 6.45. The molecule has 1 aromatic carbocycles. The predicted molar refractivity (Wildman–Crippen MR) is 84.1 cm³/mol. The van der Waals surface area contributed by atoms with Gasteiger partial charge in [-0.15, -0.1) is 0 Å². The van der Waals surface area contributed by atoms with Crippen molar-refractivity contribution in [1.82, 2.24) is 5.32 Å². The van der Waals surface area contributed by atoms with Crippen LogP contribution in [0.25, 0.3) is 6.08 Å². The molecule has 5 heteroatoms. The van der Waals surface area contributed by atoms with Crippen molar-refractivity contribution >= 4 is 29.6 Å². The van der Waals surface area contributed by atoms with E-state index in [1.54, 1.807) is 18.2 Å². The van der Waals surface area contributed by atoms with Gasteiger partial charge in [0.1, 0.15) is 0 Å². The first-order valence-corrected chi connectivity index (χ1v) is 7.21. The van der Waals surface area contributed by atoms with E-state index < -0.39 is 11.9 Å². The van der Waals surface area contributed by atoms with Crippen molar-refractivity contribution < 1.29 is 14.7 Å². The largest absolute Gasteiger partial charge is 0.481 e. The quantitative estimate of drug-likeness (QED) is 0.760. The van der Waals surface area contributed by atoms with Crippen LogP contribution in [0.5, 0.6) is 0 Å². The number of rotatable bonds is 7. The lowest BCUT2D eigenvalue weighted by molar-refractivity contribution is -0.142. The summed E-state index contributed by atoms with van der Waals surface area (Å²) in [4.78, 5) is 22.8. The average molecular weight is 310 g/mol. The molecule has 0 saturated carbocycles. The van der Waals surface area contributed by atoms with Crippen LogP contribution in [0.1, 0.15) is 25.8 Å². The Balaban J connectivity index is 2.53. The summed E-state index contributed by atoms with van der Waals surface area (Å²) in [7, 11) is 0. The van der Waals surface area contributed by atoms with Crippen LogP contribution in [-0.4, -0.2) is 23.5 Å². The van der Waals surface area contributed by atoms with Gasteiger partial charge in [0.25, 0.3) is 0 Å². The molecular formula is C16H20ClNO3. The van der Waals surface area contributed by atoms with Gasteiger partial charge in [-0.1, -0.05) is 43.6 Å². The number of carboxylic acid groups (broad SMARTS) is 1. The van der Waals surface area contributed by atoms with Crippen LogP contribution in [0.4, 0.5) is 0 Å². The first-order valence-electron chi connectivity index (χ1n) is 6.83. The maximum atomic E-state index is 11.7. The Kier molecular flexibility index (Phi) is 6.96. The summed E-state index contributed by atoms with van der Waals surface area (Å²) in [6.45, 7) is 4.03. The average Bonchev–Trinajstić information content (AvgIpc) is 2.41. The van der Waals surface area contributed by atoms with E-state index in [4.69, 9.17) is 16.7 Å². The molecule has 4 nitrogen and oxygen atoms in total. The molecule has 1 amide bonds. The van der Waals surface area contributed by atoms with Crippen molar-refractivity contribution in [3.05, 3.63) is 40.9 Å². The molecule has 21 heavy (non-hydrogen) atoms. The molecule has 1 atom stereocenters. The van der Waals surface area contributed by atoms with E-state index in [2.05, 4.69) is 5.32 Å². The van der Waals surface area contributed by atoms with Crippen molar-refractivity contribution in [3.63, 3.8) is 0 Å². The summed E-state index contributed by atoms with van der Waals surface area (Å²) in [6.07, 6.45) is 3.50. The molecule has 1 aromatic rings. The normalized spacial score (nSPS) is 12.6. The van der Waals surface area contributed by atoms with Crippen LogP contribution in [0, 0.1) is 11.8 Å². The van der Waals surface area contributed by atoms with Gasteiger partial charge in [0, 0.05) is 17.6 Å². The maximum Gasteiger partial charge on any atom is 0.308 e. The first kappa shape index (κ1) is 17.2. The Morgan fingerprint density at radius 2 is 2.00 bits per heavy atom. The van der Waals surface area contributed by atoms with Gasteiger partial charge in [-0.3, -0.25) is 9.59 Å². The number of hydrogen-bond acceptors (Lipinski definition) is 2. The molecule has 0 radical (unpaired) electrons. The van der Waals surface area contributed by atoms with E-state index in [0.29, 0.717) is 11.4 Å². The van der Waals surface area contributed by atoms with Gasteiger partial charge in [-0.25, -0.2) is 0 Å². The number of carbonyl (C=O) groups excluding carboxylic acids is 1. The summed E-state index contributed by atoms with van der Waals surface area (Å²) >= 11 is 5.97. The minimum absolute atomic E-state index is 0.124. The van der Waals surface area contributed by atoms with Crippen molar-refractivity contribution in [2.75, 3.05) is 6.54 Å². The number of amides is 1. The van der Waals surface area contributed by atoms with Gasteiger partial charge in [0.05, 0.1) is 5.92 Å². The molecule has 0 fully saturated rings. The van der Waals surface area contributed by atoms with Crippen LogP contribution in [0.2, 0.25) is 5.02 Å². The number of benzene rings is 1. The van der Waals surface area contributed by atoms with E-state index in [0.717, 1.165) is 5.56 Å². The lowest BCUT2D eigenvalue weighted by Gasteiger charge is -2.14. The Hall–Kier alpha value is -1.81. The molecular weight excluding hydrogens is 290 g/mol. The molecule has 0 aliphatic rings. The zero-order valence-electron chi connectivity index (χ0n) is 12.2. The number of nitrogens with one attached hydrogen (secondary N) is 1. The van der Waals surface area contributed by atoms with E-state index in [-0.39, 0.29) is 18.4 Å². The minimum Gasteiger partial charge on any atom is -0.481 e. The SMILES string of the molecule is CC(C)CC(CNC(=O)/C=C/c1ccccc1Cl)C(=O)O. The fourth-order valence-corrected chi connectivity index (χ4v) is 2.10. The van der Waals surface area contributed by atoms with E-state index >= 15 is 0 Å². The van der Waals surface area contributed by atoms with Crippen molar-refractivity contribution in [2.45, 2.75) is 20.3 Å². The summed E-state index contributed by atoms with van der Waals surface area (Å²) in [5.41, 5.74) is 0.742. The highest BCUT2D eigenvalue weighted by molar-refractivity contribution is 6.32. The molecule has 0 saturated heterocycles. The summed E-state index contributed by atoms with van der Waals surface area (Å²) in [5.74, 6) is -1.52. The zero-order chi connectivity index (χ0) is 15.8. The molecule has 1 unspecified atom stereocenters. The van der Waals surface area contributed by atoms with E-state index in [9.17, 15) is 9.59 Å². The summed E-state index contributed by atoms with van der Waals surface area (Å²) in [5, 5.41) is 12.3. The molecule has 0 spiro atoms. The Bertz CT molecular complexity index is 526. The first-order chi connectivity index (χ1) is 9.90. The fourth-order valence-electron chi connectivity index (χ4n) is 1.90. The second kappa shape index (κ2) is 8.47. The second-order valence-electron chi connectivity index (χ2n) is 5.26. The fraction of sp³-hybridized carbons (Fsp3) is 0.375. The molecule has 0 heterocycles. The van der Waals surface area contributed by atoms with Gasteiger partial charge >= 0.3 is 5.97 Å². The Morgan fingerprint density at radius 1 is 1.33 bits per heavy atom. The van der Waals surface area contributed by atoms with Gasteiger partial charge < -0.3 is 10.4 Å². The maximum absolute atomic E-state index is 11.7. The van der Waals surface area contributed by atoms with E-state index in [1.165, 1.54) is 6.08 Å².